The van der Waals surface area contributed by atoms with E-state index in [-0.39, 0.29) is 36.8 Å². The van der Waals surface area contributed by atoms with Gasteiger partial charge in [-0.15, -0.1) is 0 Å². The summed E-state index contributed by atoms with van der Waals surface area (Å²) in [4.78, 5) is 30.7. The number of ether oxygens (including phenoxy) is 1. The van der Waals surface area contributed by atoms with E-state index in [0.29, 0.717) is 19.3 Å². The molecule has 1 heterocycles. The second-order valence-corrected chi connectivity index (χ2v) is 8.29. The molecule has 1 saturated heterocycles. The minimum absolute atomic E-state index is 0. The zero-order valence-electron chi connectivity index (χ0n) is 20.1. The number of aliphatic hydroxyl groups excluding tert-OH is 3. The number of carboxylic acids is 2. The van der Waals surface area contributed by atoms with Crippen LogP contribution in [0.4, 0.5) is 0 Å². The van der Waals surface area contributed by atoms with Crippen molar-refractivity contribution in [3.8, 4) is 0 Å². The van der Waals surface area contributed by atoms with Crippen LogP contribution in [0.15, 0.2) is 0 Å². The van der Waals surface area contributed by atoms with Crippen LogP contribution in [0.1, 0.15) is 91.9 Å². The van der Waals surface area contributed by atoms with Gasteiger partial charge in [-0.25, -0.2) is 0 Å². The number of cyclic esters (lactones) is 1. The van der Waals surface area contributed by atoms with E-state index in [1.54, 1.807) is 6.92 Å². The number of carboxylic acid groups (broad SMARTS) is 2. The molecule has 1 fully saturated rings. The fraction of sp³-hybridized carbons (Fsp3) is 0.864. The Morgan fingerprint density at radius 3 is 2.12 bits per heavy atom. The van der Waals surface area contributed by atoms with E-state index in [2.05, 4.69) is 0 Å². The number of rotatable bonds is 11. The molecule has 0 amide bonds. The van der Waals surface area contributed by atoms with Crippen molar-refractivity contribution in [1.29, 1.82) is 0 Å². The van der Waals surface area contributed by atoms with Gasteiger partial charge in [0.2, 0.25) is 0 Å². The average Bonchev–Trinajstić information content (AvgIpc) is 2.64. The summed E-state index contributed by atoms with van der Waals surface area (Å²) in [5.41, 5.74) is -1.09. The van der Waals surface area contributed by atoms with Crippen LogP contribution in [0.2, 0.25) is 0 Å². The van der Waals surface area contributed by atoms with Crippen LogP contribution >= 0.6 is 0 Å². The summed E-state index contributed by atoms with van der Waals surface area (Å²) in [5, 5.41) is 56.4. The highest BCUT2D eigenvalue weighted by Crippen LogP contribution is 2.17. The third-order valence-electron chi connectivity index (χ3n) is 4.70. The van der Waals surface area contributed by atoms with Crippen molar-refractivity contribution in [3.63, 3.8) is 0 Å². The first-order valence-electron chi connectivity index (χ1n) is 11.1. The second kappa shape index (κ2) is 19.7. The molecule has 0 spiro atoms. The Bertz CT molecular complexity index is 536. The Kier molecular flexibility index (Phi) is 21.3. The highest BCUT2D eigenvalue weighted by molar-refractivity contribution is 5.70. The third-order valence-corrected chi connectivity index (χ3v) is 4.70. The van der Waals surface area contributed by atoms with E-state index >= 15 is 0 Å². The molecule has 0 aliphatic carbocycles. The maximum Gasteiger partial charge on any atom is 0.308 e. The van der Waals surface area contributed by atoms with E-state index in [1.165, 1.54) is 6.92 Å². The van der Waals surface area contributed by atoms with Gasteiger partial charge in [-0.2, -0.15) is 0 Å². The molecule has 11 heteroatoms. The van der Waals surface area contributed by atoms with E-state index in [9.17, 15) is 29.7 Å². The number of aliphatic carboxylic acids is 2. The maximum absolute atomic E-state index is 10.7. The average molecular weight is 483 g/mol. The lowest BCUT2D eigenvalue weighted by Crippen LogP contribution is -2.35. The third kappa shape index (κ3) is 23.2. The lowest BCUT2D eigenvalue weighted by molar-refractivity contribution is -0.310. The Hall–Kier alpha value is -1.79. The van der Waals surface area contributed by atoms with Crippen molar-refractivity contribution >= 4 is 17.9 Å². The Morgan fingerprint density at radius 1 is 1.15 bits per heavy atom. The molecular weight excluding hydrogens is 440 g/mol. The van der Waals surface area contributed by atoms with Crippen molar-refractivity contribution in [2.45, 2.75) is 122 Å². The van der Waals surface area contributed by atoms with Gasteiger partial charge in [0.15, 0.2) is 0 Å². The predicted molar refractivity (Wildman–Crippen MR) is 115 cm³/mol. The summed E-state index contributed by atoms with van der Waals surface area (Å²) in [6.07, 6.45) is 1.68. The van der Waals surface area contributed by atoms with Crippen molar-refractivity contribution in [3.05, 3.63) is 0 Å². The van der Waals surface area contributed by atoms with Gasteiger partial charge in [0.1, 0.15) is 6.10 Å². The predicted octanol–water partition coefficient (Wildman–Crippen LogP) is -1.65. The molecule has 0 saturated carbocycles. The van der Waals surface area contributed by atoms with Crippen molar-refractivity contribution in [2.24, 2.45) is 0 Å². The number of esters is 1. The van der Waals surface area contributed by atoms with Gasteiger partial charge in [-0.3, -0.25) is 4.79 Å². The Morgan fingerprint density at radius 2 is 1.73 bits per heavy atom. The zero-order chi connectivity index (χ0) is 25.3. The summed E-state index contributed by atoms with van der Waals surface area (Å²) in [5.74, 6) is -2.75. The molecule has 6 N–H and O–H groups in total. The first-order chi connectivity index (χ1) is 14.8. The van der Waals surface area contributed by atoms with Crippen LogP contribution < -0.4 is 10.2 Å². The van der Waals surface area contributed by atoms with Gasteiger partial charge in [0.05, 0.1) is 30.3 Å². The van der Waals surface area contributed by atoms with Gasteiger partial charge in [-0.1, -0.05) is 33.6 Å². The second-order valence-electron chi connectivity index (χ2n) is 8.29. The van der Waals surface area contributed by atoms with Crippen LogP contribution in [0.3, 0.4) is 0 Å². The number of hydrogen-bond donors (Lipinski definition) is 4. The molecular formula is C22H42O11-2. The van der Waals surface area contributed by atoms with Gasteiger partial charge >= 0.3 is 5.97 Å². The minimum Gasteiger partial charge on any atom is -0.550 e. The normalized spacial score (nSPS) is 20.8. The molecule has 1 aliphatic heterocycles. The SMILES string of the molecule is CCCC[C@@](C)(O)CC(=O)[O-].CC[C@@H](O)C[C@@H](O)CC(=O)[O-].CC[C@@H]1C[C@@H](O)CC(=O)O1.O. The van der Waals surface area contributed by atoms with Gasteiger partial charge in [-0.05, 0) is 32.6 Å². The molecule has 0 aromatic heterocycles. The highest BCUT2D eigenvalue weighted by Gasteiger charge is 2.25. The van der Waals surface area contributed by atoms with Crippen LogP contribution in [0, 0.1) is 0 Å². The lowest BCUT2D eigenvalue weighted by Gasteiger charge is -2.24. The molecule has 0 bridgehead atoms. The van der Waals surface area contributed by atoms with Crippen molar-refractivity contribution in [2.75, 3.05) is 0 Å². The number of hydrogen-bond acceptors (Lipinski definition) is 10. The van der Waals surface area contributed by atoms with Gasteiger partial charge in [0.25, 0.3) is 0 Å². The van der Waals surface area contributed by atoms with E-state index < -0.39 is 42.3 Å². The summed E-state index contributed by atoms with van der Waals surface area (Å²) >= 11 is 0. The number of unbranched alkanes of at least 4 members (excludes halogenated alkanes) is 1. The minimum atomic E-state index is -1.29. The molecule has 1 aliphatic rings. The van der Waals surface area contributed by atoms with Gasteiger partial charge < -0.3 is 50.4 Å². The molecule has 11 nitrogen and oxygen atoms in total. The lowest BCUT2D eigenvalue weighted by atomic mass is 9.96. The van der Waals surface area contributed by atoms with E-state index in [1.807, 2.05) is 13.8 Å². The van der Waals surface area contributed by atoms with Crippen LogP contribution in [0.5, 0.6) is 0 Å². The fourth-order valence-electron chi connectivity index (χ4n) is 2.82. The Balaban J connectivity index is -0.000000403. The standard InChI is InChI=1S/C8H16O3.C7H14O4.C7H12O3.H2O/c1-3-4-5-8(2,11)6-7(9)10;1-2-5(8)3-6(9)4-7(10)11;1-2-6-3-5(8)4-7(9)10-6;/h11H,3-6H2,1-2H3,(H,9,10);5-6,8-9H,2-4H2,1H3,(H,10,11);5-6,8H,2-4H2,1H3;1H2/p-2/t8-;2*5-,6-;/m111./s1. The highest BCUT2D eigenvalue weighted by atomic mass is 16.5. The summed E-state index contributed by atoms with van der Waals surface area (Å²) in [6.45, 7) is 7.22. The first-order valence-corrected chi connectivity index (χ1v) is 11.1. The van der Waals surface area contributed by atoms with Crippen molar-refractivity contribution in [1.82, 2.24) is 0 Å². The number of aliphatic hydroxyl groups is 4. The molecule has 5 atom stereocenters. The largest absolute Gasteiger partial charge is 0.550 e. The smallest absolute Gasteiger partial charge is 0.308 e. The van der Waals surface area contributed by atoms with Crippen LogP contribution in [-0.4, -0.2) is 73.8 Å². The molecule has 0 unspecified atom stereocenters. The number of carbonyl (C=O) groups is 3. The van der Waals surface area contributed by atoms with E-state index in [0.717, 1.165) is 19.3 Å². The van der Waals surface area contributed by atoms with Crippen LogP contribution in [-0.2, 0) is 19.1 Å². The Labute approximate surface area is 195 Å². The molecule has 0 aromatic rings. The molecule has 1 rings (SSSR count). The monoisotopic (exact) mass is 482 g/mol. The fourth-order valence-corrected chi connectivity index (χ4v) is 2.82. The van der Waals surface area contributed by atoms with Crippen LogP contribution in [0.25, 0.3) is 0 Å². The summed E-state index contributed by atoms with van der Waals surface area (Å²) < 4.78 is 4.91. The molecule has 0 aromatic carbocycles. The summed E-state index contributed by atoms with van der Waals surface area (Å²) in [7, 11) is 0. The summed E-state index contributed by atoms with van der Waals surface area (Å²) in [6, 6.07) is 0. The quantitative estimate of drug-likeness (QED) is 0.246. The molecule has 198 valence electrons. The zero-order valence-corrected chi connectivity index (χ0v) is 20.1. The number of carbonyl (C=O) groups excluding carboxylic acids is 3. The van der Waals surface area contributed by atoms with Crippen molar-refractivity contribution < 1.29 is 55.2 Å². The van der Waals surface area contributed by atoms with Gasteiger partial charge in [0, 0.05) is 31.2 Å². The maximum atomic E-state index is 10.7. The molecule has 0 radical (unpaired) electrons. The van der Waals surface area contributed by atoms with E-state index in [4.69, 9.17) is 20.1 Å². The molecule has 33 heavy (non-hydrogen) atoms. The topological polar surface area (TPSA) is 219 Å². The first kappa shape index (κ1) is 35.8.